The van der Waals surface area contributed by atoms with Crippen LogP contribution in [0.1, 0.15) is 90.8 Å². The molecule has 5 aromatic rings. The molecule has 0 bridgehead atoms. The SMILES string of the molecule is CCC(CC)C(=O)/C=C(\O)C(CC)CC.Cc1cc[c]([Ge]([CH3])([CH3])[c]2sc3c(-c4[c-]c5ccccc5c(C(C)(C)C)c4)nccc3c2C)cc1.[Ir]. The van der Waals surface area contributed by atoms with Crippen molar-refractivity contribution in [3.05, 3.63) is 101 Å². The van der Waals surface area contributed by atoms with Gasteiger partial charge in [-0.15, -0.1) is 0 Å². The minimum atomic E-state index is -2.45. The molecule has 0 spiro atoms. The molecule has 0 aliphatic rings. The van der Waals surface area contributed by atoms with Crippen LogP contribution in [-0.2, 0) is 30.3 Å². The molecule has 5 rings (SSSR count). The molecule has 0 amide bonds. The third-order valence-electron chi connectivity index (χ3n) is 10.1. The minimum absolute atomic E-state index is 0. The normalized spacial score (nSPS) is 12.3. The van der Waals surface area contributed by atoms with Crippen molar-refractivity contribution < 1.29 is 30.0 Å². The molecule has 0 fully saturated rings. The number of ketones is 1. The van der Waals surface area contributed by atoms with Crippen LogP contribution in [0, 0.1) is 31.7 Å². The molecule has 6 heteroatoms. The first kappa shape index (κ1) is 41.8. The van der Waals surface area contributed by atoms with Crippen molar-refractivity contribution in [2.45, 2.75) is 105 Å². The van der Waals surface area contributed by atoms with Crippen LogP contribution >= 0.6 is 11.3 Å². The largest absolute Gasteiger partial charge is 0 e. The van der Waals surface area contributed by atoms with Crippen LogP contribution in [0.3, 0.4) is 0 Å². The van der Waals surface area contributed by atoms with Crippen LogP contribution in [0.4, 0.5) is 0 Å². The van der Waals surface area contributed by atoms with Gasteiger partial charge >= 0.3 is 211 Å². The van der Waals surface area contributed by atoms with Crippen molar-refractivity contribution >= 4 is 59.4 Å². The molecule has 0 unspecified atom stereocenters. The Kier molecular flexibility index (Phi) is 14.9. The summed E-state index contributed by atoms with van der Waals surface area (Å²) in [6, 6.07) is 26.1. The first-order valence-electron chi connectivity index (χ1n) is 18.0. The summed E-state index contributed by atoms with van der Waals surface area (Å²) in [7, 11) is 0. The van der Waals surface area contributed by atoms with Gasteiger partial charge in [-0.2, -0.15) is 0 Å². The van der Waals surface area contributed by atoms with E-state index in [-0.39, 0.29) is 48.9 Å². The molecule has 2 aromatic heterocycles. The van der Waals surface area contributed by atoms with E-state index in [0.29, 0.717) is 0 Å². The zero-order valence-corrected chi connectivity index (χ0v) is 37.3. The van der Waals surface area contributed by atoms with Crippen molar-refractivity contribution in [2.75, 3.05) is 0 Å². The van der Waals surface area contributed by atoms with Crippen molar-refractivity contribution in [3.63, 3.8) is 0 Å². The second-order valence-corrected chi connectivity index (χ2v) is 25.8. The second kappa shape index (κ2) is 17.8. The molecular weight excluding hydrogens is 871 g/mol. The molecule has 0 aliphatic heterocycles. The molecule has 1 radical (unpaired) electrons. The summed E-state index contributed by atoms with van der Waals surface area (Å²) < 4.78 is 4.42. The fourth-order valence-electron chi connectivity index (χ4n) is 6.80. The van der Waals surface area contributed by atoms with E-state index in [1.807, 2.05) is 45.2 Å². The van der Waals surface area contributed by atoms with Gasteiger partial charge in [0.25, 0.3) is 0 Å². The van der Waals surface area contributed by atoms with E-state index >= 15 is 0 Å². The number of carbonyl (C=O) groups excluding carboxylic acids is 1. The maximum Gasteiger partial charge on any atom is 0 e. The van der Waals surface area contributed by atoms with Gasteiger partial charge < -0.3 is 5.11 Å². The third kappa shape index (κ3) is 9.26. The monoisotopic (exact) mass is 929 g/mol. The van der Waals surface area contributed by atoms with Crippen LogP contribution in [0.25, 0.3) is 32.1 Å². The first-order chi connectivity index (χ1) is 23.2. The maximum atomic E-state index is 11.7. The molecule has 0 atom stereocenters. The van der Waals surface area contributed by atoms with Crippen LogP contribution in [0.15, 0.2) is 78.7 Å². The number of allylic oxidation sites excluding steroid dienone is 2. The maximum absolute atomic E-state index is 11.7. The van der Waals surface area contributed by atoms with Crippen molar-refractivity contribution in [2.24, 2.45) is 11.8 Å². The van der Waals surface area contributed by atoms with Crippen LogP contribution < -0.4 is 8.11 Å². The summed E-state index contributed by atoms with van der Waals surface area (Å²) in [6.45, 7) is 19.4. The van der Waals surface area contributed by atoms with Crippen molar-refractivity contribution in [3.8, 4) is 11.3 Å². The quantitative estimate of drug-likeness (QED) is 0.0657. The number of fused-ring (bicyclic) bond motifs is 2. The van der Waals surface area contributed by atoms with Crippen molar-refractivity contribution in [1.29, 1.82) is 0 Å². The summed E-state index contributed by atoms with van der Waals surface area (Å²) in [5.74, 6) is 5.59. The summed E-state index contributed by atoms with van der Waals surface area (Å²) in [5.41, 5.74) is 6.31. The Morgan fingerprint density at radius 3 is 2.08 bits per heavy atom. The standard InChI is InChI=1S/C31H32GeNS.C13H24O2.Ir/c1-20-12-14-24(15-13-20)32(6,7)30-21(2)25-16-17-33-28(29(25)34-30)23-18-22-10-8-9-11-26(22)27(19-23)31(3,4)5;1-5-10(6-2)12(14)9-13(15)11(7-3)8-4;/h8-17,19H,1-7H3;9-11,14H,5-8H2,1-4H3;/q-1;;/b;12-9-;. The molecule has 0 saturated carbocycles. The molecule has 1 N–H and O–H groups in total. The van der Waals surface area contributed by atoms with Gasteiger partial charge in [-0.3, -0.25) is 4.79 Å². The Morgan fingerprint density at radius 1 is 0.900 bits per heavy atom. The van der Waals surface area contributed by atoms with Gasteiger partial charge in [-0.1, -0.05) is 27.7 Å². The number of rotatable bonds is 10. The zero-order chi connectivity index (χ0) is 36.1. The number of pyridine rings is 1. The number of hydrogen-bond acceptors (Lipinski definition) is 4. The number of hydrogen-bond donors (Lipinski definition) is 1. The molecule has 0 aliphatic carbocycles. The molecule has 50 heavy (non-hydrogen) atoms. The summed E-state index contributed by atoms with van der Waals surface area (Å²) in [4.78, 5) is 16.6. The number of aliphatic hydroxyl groups excluding tert-OH is 1. The predicted octanol–water partition coefficient (Wildman–Crippen LogP) is 11.5. The summed E-state index contributed by atoms with van der Waals surface area (Å²) >= 11 is -0.477. The smallest absolute Gasteiger partial charge is 0 e. The molecular formula is C44H56GeIrNO2S-. The van der Waals surface area contributed by atoms with E-state index < -0.39 is 13.3 Å². The number of carbonyl (C=O) groups is 1. The van der Waals surface area contributed by atoms with Crippen LogP contribution in [0.5, 0.6) is 0 Å². The average molecular weight is 928 g/mol. The fourth-order valence-corrected chi connectivity index (χ4v) is 15.9. The average Bonchev–Trinajstić information content (AvgIpc) is 3.42. The third-order valence-corrected chi connectivity index (χ3v) is 21.4. The molecule has 0 saturated heterocycles. The second-order valence-electron chi connectivity index (χ2n) is 15.0. The Bertz CT molecular complexity index is 1930. The Balaban J connectivity index is 0.000000361. The van der Waals surface area contributed by atoms with Gasteiger partial charge in [0.05, 0.1) is 5.76 Å². The van der Waals surface area contributed by atoms with Crippen LogP contribution in [-0.4, -0.2) is 29.1 Å². The van der Waals surface area contributed by atoms with E-state index in [2.05, 4.69) is 113 Å². The van der Waals surface area contributed by atoms with Gasteiger partial charge in [0.15, 0.2) is 5.78 Å². The van der Waals surface area contributed by atoms with Gasteiger partial charge in [0, 0.05) is 38.0 Å². The van der Waals surface area contributed by atoms with Crippen molar-refractivity contribution in [1.82, 2.24) is 4.98 Å². The number of benzene rings is 3. The molecule has 269 valence electrons. The van der Waals surface area contributed by atoms with E-state index in [0.717, 1.165) is 42.3 Å². The number of aromatic nitrogens is 1. The number of nitrogens with zero attached hydrogens (tertiary/aromatic N) is 1. The fraction of sp³-hybridized carbons (Fsp3) is 0.409. The van der Waals surface area contributed by atoms with E-state index in [1.165, 1.54) is 42.6 Å². The molecule has 3 aromatic carbocycles. The van der Waals surface area contributed by atoms with Gasteiger partial charge in [0.1, 0.15) is 0 Å². The molecule has 3 nitrogen and oxygen atoms in total. The minimum Gasteiger partial charge on any atom is 0 e. The van der Waals surface area contributed by atoms with Gasteiger partial charge in [-0.25, -0.2) is 0 Å². The number of thiophene rings is 1. The zero-order valence-electron chi connectivity index (χ0n) is 32.0. The number of aliphatic hydroxyl groups is 1. The summed E-state index contributed by atoms with van der Waals surface area (Å²) in [6.07, 6.45) is 6.89. The van der Waals surface area contributed by atoms with E-state index in [4.69, 9.17) is 4.98 Å². The predicted molar refractivity (Wildman–Crippen MR) is 217 cm³/mol. The Morgan fingerprint density at radius 2 is 1.50 bits per heavy atom. The van der Waals surface area contributed by atoms with E-state index in [9.17, 15) is 9.90 Å². The van der Waals surface area contributed by atoms with Crippen LogP contribution in [0.2, 0.25) is 11.5 Å². The summed E-state index contributed by atoms with van der Waals surface area (Å²) in [5, 5.41) is 13.5. The Labute approximate surface area is 321 Å². The van der Waals surface area contributed by atoms with Gasteiger partial charge in [-0.05, 0) is 25.7 Å². The number of aryl methyl sites for hydroxylation is 2. The van der Waals surface area contributed by atoms with E-state index in [1.54, 1.807) is 3.71 Å². The molecule has 2 heterocycles. The van der Waals surface area contributed by atoms with Gasteiger partial charge in [0.2, 0.25) is 0 Å². The first-order valence-corrected chi connectivity index (χ1v) is 25.1. The topological polar surface area (TPSA) is 50.2 Å². The Hall–Kier alpha value is -2.57.